The minimum Gasteiger partial charge on any atom is -0.391 e. The van der Waals surface area contributed by atoms with E-state index in [4.69, 9.17) is 0 Å². The van der Waals surface area contributed by atoms with Crippen LogP contribution in [0.15, 0.2) is 12.1 Å². The van der Waals surface area contributed by atoms with E-state index in [1.54, 1.807) is 6.07 Å². The predicted octanol–water partition coefficient (Wildman–Crippen LogP) is 1.60. The number of nitrogens with one attached hydrogen (secondary N) is 2. The molecule has 7 nitrogen and oxygen atoms in total. The Kier molecular flexibility index (Phi) is 5.31. The van der Waals surface area contributed by atoms with Crippen LogP contribution in [0.2, 0.25) is 0 Å². The van der Waals surface area contributed by atoms with Gasteiger partial charge >= 0.3 is 5.69 Å². The molecule has 0 amide bonds. The lowest BCUT2D eigenvalue weighted by Crippen LogP contribution is -2.19. The molecule has 0 spiro atoms. The number of anilines is 2. The highest BCUT2D eigenvalue weighted by Crippen LogP contribution is 2.23. The number of nitro groups is 1. The Morgan fingerprint density at radius 2 is 2.17 bits per heavy atom. The maximum atomic E-state index is 10.8. The van der Waals surface area contributed by atoms with Gasteiger partial charge in [-0.25, -0.2) is 4.98 Å². The van der Waals surface area contributed by atoms with E-state index in [2.05, 4.69) is 15.6 Å². The molecule has 1 aromatic heterocycles. The molecular formula is C11H18N4O3. The lowest BCUT2D eigenvalue weighted by molar-refractivity contribution is -0.384. The van der Waals surface area contributed by atoms with Crippen LogP contribution in [0.5, 0.6) is 0 Å². The van der Waals surface area contributed by atoms with Crippen molar-refractivity contribution in [3.63, 3.8) is 0 Å². The van der Waals surface area contributed by atoms with Gasteiger partial charge in [-0.1, -0.05) is 6.92 Å². The maximum Gasteiger partial charge on any atom is 0.311 e. The van der Waals surface area contributed by atoms with Crippen molar-refractivity contribution >= 4 is 17.3 Å². The summed E-state index contributed by atoms with van der Waals surface area (Å²) < 4.78 is 0. The fraction of sp³-hybridized carbons (Fsp3) is 0.545. The molecule has 0 aliphatic rings. The van der Waals surface area contributed by atoms with E-state index in [1.807, 2.05) is 13.8 Å². The highest BCUT2D eigenvalue weighted by Gasteiger charge is 2.16. The predicted molar refractivity (Wildman–Crippen MR) is 69.8 cm³/mol. The summed E-state index contributed by atoms with van der Waals surface area (Å²) in [5.74, 6) is 0.738. The van der Waals surface area contributed by atoms with Crippen molar-refractivity contribution in [2.75, 3.05) is 23.7 Å². The molecule has 7 heteroatoms. The van der Waals surface area contributed by atoms with Crippen LogP contribution in [0.3, 0.4) is 0 Å². The maximum absolute atomic E-state index is 10.8. The van der Waals surface area contributed by atoms with Crippen molar-refractivity contribution in [1.29, 1.82) is 0 Å². The Labute approximate surface area is 105 Å². The van der Waals surface area contributed by atoms with Crippen molar-refractivity contribution in [3.05, 3.63) is 22.2 Å². The van der Waals surface area contributed by atoms with Crippen LogP contribution >= 0.6 is 0 Å². The Morgan fingerprint density at radius 1 is 1.44 bits per heavy atom. The first-order valence-corrected chi connectivity index (χ1v) is 5.89. The Balaban J connectivity index is 2.89. The fourth-order valence-electron chi connectivity index (χ4n) is 1.37. The van der Waals surface area contributed by atoms with E-state index in [9.17, 15) is 15.2 Å². The van der Waals surface area contributed by atoms with Crippen molar-refractivity contribution in [3.8, 4) is 0 Å². The molecule has 18 heavy (non-hydrogen) atoms. The quantitative estimate of drug-likeness (QED) is 0.505. The molecule has 0 saturated carbocycles. The SMILES string of the molecule is CCNc1ccc([N+](=O)[O-])c(NCC(O)CC)n1. The van der Waals surface area contributed by atoms with Gasteiger partial charge in [0.15, 0.2) is 0 Å². The molecular weight excluding hydrogens is 236 g/mol. The number of hydrogen-bond acceptors (Lipinski definition) is 6. The molecule has 0 aliphatic carbocycles. The topological polar surface area (TPSA) is 100 Å². The Hall–Kier alpha value is -1.89. The molecule has 0 radical (unpaired) electrons. The molecule has 0 aromatic carbocycles. The summed E-state index contributed by atoms with van der Waals surface area (Å²) in [4.78, 5) is 14.5. The van der Waals surface area contributed by atoms with Crippen LogP contribution < -0.4 is 10.6 Å². The van der Waals surface area contributed by atoms with Crippen molar-refractivity contribution < 1.29 is 10.0 Å². The van der Waals surface area contributed by atoms with E-state index in [0.29, 0.717) is 18.8 Å². The number of aliphatic hydroxyl groups excluding tert-OH is 1. The van der Waals surface area contributed by atoms with Gasteiger partial charge in [0.25, 0.3) is 0 Å². The summed E-state index contributed by atoms with van der Waals surface area (Å²) in [5, 5.41) is 26.1. The molecule has 1 heterocycles. The fourth-order valence-corrected chi connectivity index (χ4v) is 1.37. The van der Waals surface area contributed by atoms with Crippen molar-refractivity contribution in [2.24, 2.45) is 0 Å². The van der Waals surface area contributed by atoms with Gasteiger partial charge in [-0.05, 0) is 19.4 Å². The molecule has 0 saturated heterocycles. The van der Waals surface area contributed by atoms with Crippen molar-refractivity contribution in [1.82, 2.24) is 4.98 Å². The van der Waals surface area contributed by atoms with Gasteiger partial charge in [0, 0.05) is 19.2 Å². The van der Waals surface area contributed by atoms with Gasteiger partial charge in [-0.2, -0.15) is 0 Å². The van der Waals surface area contributed by atoms with E-state index in [-0.39, 0.29) is 18.1 Å². The van der Waals surface area contributed by atoms with Crippen LogP contribution in [0.1, 0.15) is 20.3 Å². The normalized spacial score (nSPS) is 11.9. The summed E-state index contributed by atoms with van der Waals surface area (Å²) in [6.45, 7) is 4.67. The number of pyridine rings is 1. The number of aliphatic hydroxyl groups is 1. The molecule has 1 atom stereocenters. The van der Waals surface area contributed by atoms with Crippen LogP contribution in [-0.2, 0) is 0 Å². The third-order valence-corrected chi connectivity index (χ3v) is 2.40. The third-order valence-electron chi connectivity index (χ3n) is 2.40. The zero-order valence-electron chi connectivity index (χ0n) is 10.5. The van der Waals surface area contributed by atoms with Gasteiger partial charge in [-0.3, -0.25) is 10.1 Å². The molecule has 1 aromatic rings. The number of nitrogens with zero attached hydrogens (tertiary/aromatic N) is 2. The summed E-state index contributed by atoms with van der Waals surface area (Å²) in [6.07, 6.45) is 0.0300. The van der Waals surface area contributed by atoms with E-state index >= 15 is 0 Å². The molecule has 0 fully saturated rings. The molecule has 1 unspecified atom stereocenters. The van der Waals surface area contributed by atoms with E-state index in [0.717, 1.165) is 0 Å². The van der Waals surface area contributed by atoms with Gasteiger partial charge < -0.3 is 15.7 Å². The van der Waals surface area contributed by atoms with Crippen molar-refractivity contribution in [2.45, 2.75) is 26.4 Å². The van der Waals surface area contributed by atoms with Crippen LogP contribution in [-0.4, -0.2) is 34.2 Å². The Morgan fingerprint density at radius 3 is 2.72 bits per heavy atom. The van der Waals surface area contributed by atoms with Gasteiger partial charge in [-0.15, -0.1) is 0 Å². The second-order valence-electron chi connectivity index (χ2n) is 3.79. The standard InChI is InChI=1S/C11H18N4O3/c1-3-8(16)7-13-11-9(15(17)18)5-6-10(14-11)12-4-2/h5-6,8,16H,3-4,7H2,1-2H3,(H2,12,13,14). The van der Waals surface area contributed by atoms with Gasteiger partial charge in [0.1, 0.15) is 5.82 Å². The number of aromatic nitrogens is 1. The molecule has 1 rings (SSSR count). The average molecular weight is 254 g/mol. The van der Waals surface area contributed by atoms with Gasteiger partial charge in [0.05, 0.1) is 11.0 Å². The lowest BCUT2D eigenvalue weighted by atomic mass is 10.3. The van der Waals surface area contributed by atoms with Gasteiger partial charge in [0.2, 0.25) is 5.82 Å². The summed E-state index contributed by atoms with van der Waals surface area (Å²) in [6, 6.07) is 2.95. The van der Waals surface area contributed by atoms with E-state index in [1.165, 1.54) is 6.07 Å². The third kappa shape index (κ3) is 3.85. The van der Waals surface area contributed by atoms with Crippen LogP contribution in [0.4, 0.5) is 17.3 Å². The molecule has 0 bridgehead atoms. The second kappa shape index (κ2) is 6.75. The summed E-state index contributed by atoms with van der Waals surface area (Å²) in [5.41, 5.74) is -0.0973. The largest absolute Gasteiger partial charge is 0.391 e. The zero-order valence-corrected chi connectivity index (χ0v) is 10.5. The average Bonchev–Trinajstić information content (AvgIpc) is 2.36. The number of hydrogen-bond donors (Lipinski definition) is 3. The highest BCUT2D eigenvalue weighted by molar-refractivity contribution is 5.60. The summed E-state index contributed by atoms with van der Waals surface area (Å²) >= 11 is 0. The summed E-state index contributed by atoms with van der Waals surface area (Å²) in [7, 11) is 0. The smallest absolute Gasteiger partial charge is 0.311 e. The number of rotatable bonds is 7. The van der Waals surface area contributed by atoms with Crippen LogP contribution in [0.25, 0.3) is 0 Å². The monoisotopic (exact) mass is 254 g/mol. The first-order chi connectivity index (χ1) is 8.58. The lowest BCUT2D eigenvalue weighted by Gasteiger charge is -2.11. The molecule has 3 N–H and O–H groups in total. The Bertz CT molecular complexity index is 411. The second-order valence-corrected chi connectivity index (χ2v) is 3.79. The molecule has 100 valence electrons. The van der Waals surface area contributed by atoms with E-state index < -0.39 is 11.0 Å². The van der Waals surface area contributed by atoms with Crippen LogP contribution in [0, 0.1) is 10.1 Å². The minimum absolute atomic E-state index is 0.0973. The first kappa shape index (κ1) is 14.2. The zero-order chi connectivity index (χ0) is 13.5. The highest BCUT2D eigenvalue weighted by atomic mass is 16.6. The first-order valence-electron chi connectivity index (χ1n) is 5.89. The minimum atomic E-state index is -0.547. The molecule has 0 aliphatic heterocycles.